The molecule has 32 heavy (non-hydrogen) atoms. The zero-order valence-electron chi connectivity index (χ0n) is 18.6. The maximum Gasteiger partial charge on any atom is 0.229 e. The van der Waals surface area contributed by atoms with Gasteiger partial charge in [-0.2, -0.15) is 0 Å². The number of piperidine rings is 2. The number of rotatable bonds is 6. The summed E-state index contributed by atoms with van der Waals surface area (Å²) in [7, 11) is 0. The molecule has 8 nitrogen and oxygen atoms in total. The second-order valence-corrected chi connectivity index (χ2v) is 9.89. The van der Waals surface area contributed by atoms with Crippen molar-refractivity contribution >= 4 is 28.4 Å². The Hall–Kier alpha value is -2.65. The molecule has 0 atom stereocenters. The van der Waals surface area contributed by atoms with Crippen molar-refractivity contribution in [2.75, 3.05) is 36.4 Å². The molecule has 5 rings (SSSR count). The normalized spacial score (nSPS) is 18.1. The molecule has 5 heterocycles. The maximum atomic E-state index is 4.86. The predicted molar refractivity (Wildman–Crippen MR) is 128 cm³/mol. The van der Waals surface area contributed by atoms with Crippen LogP contribution in [0.3, 0.4) is 0 Å². The molecule has 2 saturated heterocycles. The van der Waals surface area contributed by atoms with Crippen LogP contribution in [0.15, 0.2) is 30.7 Å². The standard InChI is InChI=1S/C23H30N8S/c1-17-15-26-23(32-17)29-21-24-10-6-20(28-21)18-7-13-30(14-8-18)16-19-5-9-25-22(27-19)31-11-3-2-4-12-31/h5-6,9-10,15,18H,2-4,7-8,11-14,16H2,1H3,(H,24,26,28,29). The Labute approximate surface area is 193 Å². The molecule has 0 bridgehead atoms. The molecule has 0 unspecified atom stereocenters. The van der Waals surface area contributed by atoms with E-state index in [2.05, 4.69) is 36.1 Å². The number of aromatic nitrogens is 5. The molecule has 3 aromatic rings. The van der Waals surface area contributed by atoms with Gasteiger partial charge in [0.1, 0.15) is 0 Å². The fourth-order valence-electron chi connectivity index (χ4n) is 4.50. The van der Waals surface area contributed by atoms with Crippen molar-refractivity contribution in [1.82, 2.24) is 29.8 Å². The summed E-state index contributed by atoms with van der Waals surface area (Å²) in [4.78, 5) is 28.9. The van der Waals surface area contributed by atoms with Crippen molar-refractivity contribution in [1.29, 1.82) is 0 Å². The van der Waals surface area contributed by atoms with E-state index in [0.717, 1.165) is 68.0 Å². The van der Waals surface area contributed by atoms with Gasteiger partial charge < -0.3 is 10.2 Å². The number of thiazole rings is 1. The van der Waals surface area contributed by atoms with Crippen LogP contribution in [0, 0.1) is 6.92 Å². The molecule has 0 amide bonds. The summed E-state index contributed by atoms with van der Waals surface area (Å²) in [6.45, 7) is 7.18. The first-order valence-electron chi connectivity index (χ1n) is 11.5. The van der Waals surface area contributed by atoms with Crippen molar-refractivity contribution < 1.29 is 0 Å². The Kier molecular flexibility index (Phi) is 6.54. The molecule has 0 radical (unpaired) electrons. The van der Waals surface area contributed by atoms with Gasteiger partial charge in [0.05, 0.1) is 5.69 Å². The van der Waals surface area contributed by atoms with E-state index in [9.17, 15) is 0 Å². The Morgan fingerprint density at radius 1 is 0.969 bits per heavy atom. The summed E-state index contributed by atoms with van der Waals surface area (Å²) >= 11 is 1.61. The molecule has 2 aliphatic heterocycles. The Balaban J connectivity index is 1.16. The highest BCUT2D eigenvalue weighted by Gasteiger charge is 2.23. The topological polar surface area (TPSA) is 83.0 Å². The van der Waals surface area contributed by atoms with Gasteiger partial charge in [0.2, 0.25) is 11.9 Å². The largest absolute Gasteiger partial charge is 0.341 e. The van der Waals surface area contributed by atoms with Gasteiger partial charge in [-0.1, -0.05) is 0 Å². The highest BCUT2D eigenvalue weighted by atomic mass is 32.1. The average Bonchev–Trinajstić information content (AvgIpc) is 3.25. The van der Waals surface area contributed by atoms with E-state index in [4.69, 9.17) is 9.97 Å². The molecule has 9 heteroatoms. The van der Waals surface area contributed by atoms with Gasteiger partial charge in [-0.3, -0.25) is 4.90 Å². The molecule has 3 aromatic heterocycles. The van der Waals surface area contributed by atoms with Gasteiger partial charge in [0, 0.05) is 54.7 Å². The van der Waals surface area contributed by atoms with Gasteiger partial charge >= 0.3 is 0 Å². The van der Waals surface area contributed by atoms with Gasteiger partial charge in [0.15, 0.2) is 5.13 Å². The van der Waals surface area contributed by atoms with E-state index in [1.807, 2.05) is 31.6 Å². The van der Waals surface area contributed by atoms with E-state index >= 15 is 0 Å². The number of hydrogen-bond donors (Lipinski definition) is 1. The minimum absolute atomic E-state index is 0.460. The van der Waals surface area contributed by atoms with Crippen molar-refractivity contribution in [3.63, 3.8) is 0 Å². The lowest BCUT2D eigenvalue weighted by Crippen LogP contribution is -2.34. The summed E-state index contributed by atoms with van der Waals surface area (Å²) in [5.41, 5.74) is 2.23. The number of nitrogens with zero attached hydrogens (tertiary/aromatic N) is 7. The van der Waals surface area contributed by atoms with E-state index in [1.165, 1.54) is 24.1 Å². The summed E-state index contributed by atoms with van der Waals surface area (Å²) in [6.07, 6.45) is 11.6. The van der Waals surface area contributed by atoms with Crippen LogP contribution >= 0.6 is 11.3 Å². The van der Waals surface area contributed by atoms with E-state index in [-0.39, 0.29) is 0 Å². The summed E-state index contributed by atoms with van der Waals surface area (Å²) < 4.78 is 0. The molecule has 0 spiro atoms. The molecule has 0 aromatic carbocycles. The van der Waals surface area contributed by atoms with Crippen LogP contribution in [0.1, 0.15) is 54.3 Å². The van der Waals surface area contributed by atoms with Crippen LogP contribution in [0.2, 0.25) is 0 Å². The summed E-state index contributed by atoms with van der Waals surface area (Å²) in [6, 6.07) is 4.11. The maximum absolute atomic E-state index is 4.86. The predicted octanol–water partition coefficient (Wildman–Crippen LogP) is 4.15. The molecular weight excluding hydrogens is 420 g/mol. The average molecular weight is 451 g/mol. The molecule has 0 saturated carbocycles. The van der Waals surface area contributed by atoms with Gasteiger partial charge in [0.25, 0.3) is 0 Å². The van der Waals surface area contributed by atoms with Crippen molar-refractivity contribution in [2.45, 2.75) is 51.5 Å². The van der Waals surface area contributed by atoms with Gasteiger partial charge in [-0.15, -0.1) is 11.3 Å². The highest BCUT2D eigenvalue weighted by Crippen LogP contribution is 2.28. The first-order valence-corrected chi connectivity index (χ1v) is 12.4. The smallest absolute Gasteiger partial charge is 0.229 e. The lowest BCUT2D eigenvalue weighted by molar-refractivity contribution is 0.201. The summed E-state index contributed by atoms with van der Waals surface area (Å²) in [5, 5.41) is 4.07. The van der Waals surface area contributed by atoms with Gasteiger partial charge in [-0.25, -0.2) is 24.9 Å². The van der Waals surface area contributed by atoms with Crippen LogP contribution in [0.25, 0.3) is 0 Å². The number of aryl methyl sites for hydroxylation is 1. The van der Waals surface area contributed by atoms with Crippen molar-refractivity contribution in [3.05, 3.63) is 47.0 Å². The molecule has 2 fully saturated rings. The Bertz CT molecular complexity index is 1020. The number of likely N-dealkylation sites (tertiary alicyclic amines) is 1. The van der Waals surface area contributed by atoms with E-state index < -0.39 is 0 Å². The van der Waals surface area contributed by atoms with Crippen LogP contribution in [0.5, 0.6) is 0 Å². The van der Waals surface area contributed by atoms with Crippen LogP contribution < -0.4 is 10.2 Å². The minimum Gasteiger partial charge on any atom is -0.341 e. The van der Waals surface area contributed by atoms with E-state index in [1.54, 1.807) is 11.3 Å². The fourth-order valence-corrected chi connectivity index (χ4v) is 5.16. The first-order chi connectivity index (χ1) is 15.7. The number of hydrogen-bond acceptors (Lipinski definition) is 9. The number of nitrogens with one attached hydrogen (secondary N) is 1. The molecule has 168 valence electrons. The highest BCUT2D eigenvalue weighted by molar-refractivity contribution is 7.15. The van der Waals surface area contributed by atoms with Crippen molar-refractivity contribution in [3.8, 4) is 0 Å². The second kappa shape index (κ2) is 9.87. The first kappa shape index (κ1) is 21.2. The zero-order valence-corrected chi connectivity index (χ0v) is 19.4. The third kappa shape index (κ3) is 5.21. The fraction of sp³-hybridized carbons (Fsp3) is 0.522. The molecular formula is C23H30N8S. The molecule has 0 aliphatic carbocycles. The SMILES string of the molecule is Cc1cnc(Nc2nccc(C3CCN(Cc4ccnc(N5CCCCC5)n4)CC3)n2)s1. The summed E-state index contributed by atoms with van der Waals surface area (Å²) in [5.74, 6) is 1.99. The monoisotopic (exact) mass is 450 g/mol. The quantitative estimate of drug-likeness (QED) is 0.600. The third-order valence-electron chi connectivity index (χ3n) is 6.25. The number of anilines is 3. The van der Waals surface area contributed by atoms with E-state index in [0.29, 0.717) is 11.9 Å². The zero-order chi connectivity index (χ0) is 21.8. The second-order valence-electron chi connectivity index (χ2n) is 8.65. The third-order valence-corrected chi connectivity index (χ3v) is 7.08. The van der Waals surface area contributed by atoms with Crippen LogP contribution in [-0.4, -0.2) is 56.0 Å². The van der Waals surface area contributed by atoms with Gasteiger partial charge in [-0.05, 0) is 64.3 Å². The lowest BCUT2D eigenvalue weighted by Gasteiger charge is -2.32. The Morgan fingerprint density at radius 3 is 2.56 bits per heavy atom. The Morgan fingerprint density at radius 2 is 1.78 bits per heavy atom. The molecule has 2 aliphatic rings. The lowest BCUT2D eigenvalue weighted by atomic mass is 9.93. The minimum atomic E-state index is 0.460. The van der Waals surface area contributed by atoms with Crippen LogP contribution in [-0.2, 0) is 6.54 Å². The van der Waals surface area contributed by atoms with Crippen LogP contribution in [0.4, 0.5) is 17.0 Å². The molecule has 1 N–H and O–H groups in total. The van der Waals surface area contributed by atoms with Crippen molar-refractivity contribution in [2.24, 2.45) is 0 Å².